The highest BCUT2D eigenvalue weighted by molar-refractivity contribution is 5.94. The highest BCUT2D eigenvalue weighted by Gasteiger charge is 2.25. The van der Waals surface area contributed by atoms with Crippen LogP contribution in [0.4, 0.5) is 4.79 Å². The van der Waals surface area contributed by atoms with Crippen LogP contribution in [0.25, 0.3) is 11.1 Å². The van der Waals surface area contributed by atoms with E-state index in [4.69, 9.17) is 0 Å². The van der Waals surface area contributed by atoms with Crippen molar-refractivity contribution in [3.63, 3.8) is 0 Å². The normalized spacial score (nSPS) is 16.7. The summed E-state index contributed by atoms with van der Waals surface area (Å²) >= 11 is 0. The zero-order chi connectivity index (χ0) is 23.5. The molecule has 7 nitrogen and oxygen atoms in total. The number of nitrogens with zero attached hydrogens (tertiary/aromatic N) is 5. The van der Waals surface area contributed by atoms with E-state index in [1.807, 2.05) is 15.9 Å². The van der Waals surface area contributed by atoms with Gasteiger partial charge in [0.25, 0.3) is 5.91 Å². The van der Waals surface area contributed by atoms with Gasteiger partial charge in [0.1, 0.15) is 0 Å². The Morgan fingerprint density at radius 3 is 2.29 bits per heavy atom. The van der Waals surface area contributed by atoms with Gasteiger partial charge in [0.15, 0.2) is 0 Å². The Balaban J connectivity index is 1.16. The van der Waals surface area contributed by atoms with Crippen molar-refractivity contribution in [2.24, 2.45) is 0 Å². The van der Waals surface area contributed by atoms with Gasteiger partial charge in [-0.15, -0.1) is 0 Å². The molecule has 34 heavy (non-hydrogen) atoms. The number of hydrogen-bond acceptors (Lipinski definition) is 4. The molecule has 5 rings (SSSR count). The van der Waals surface area contributed by atoms with E-state index in [1.165, 1.54) is 33.1 Å². The lowest BCUT2D eigenvalue weighted by atomic mass is 9.99. The van der Waals surface area contributed by atoms with E-state index < -0.39 is 0 Å². The summed E-state index contributed by atoms with van der Waals surface area (Å²) in [5.74, 6) is -0.0324. The van der Waals surface area contributed by atoms with E-state index in [1.54, 1.807) is 6.20 Å². The summed E-state index contributed by atoms with van der Waals surface area (Å²) in [6, 6.07) is 16.9. The number of amides is 2. The average molecular weight is 458 g/mol. The predicted molar refractivity (Wildman–Crippen MR) is 132 cm³/mol. The number of carbonyl (C=O) groups excluding carboxylic acids is 2. The minimum Gasteiger partial charge on any atom is -0.339 e. The fraction of sp³-hybridized carbons (Fsp3) is 0.370. The second kappa shape index (κ2) is 9.81. The van der Waals surface area contributed by atoms with E-state index in [2.05, 4.69) is 59.4 Å². The molecule has 0 unspecified atom stereocenters. The van der Waals surface area contributed by atoms with Gasteiger partial charge in [-0.25, -0.2) is 4.79 Å². The van der Waals surface area contributed by atoms with Gasteiger partial charge >= 0.3 is 6.03 Å². The fourth-order valence-corrected chi connectivity index (χ4v) is 4.81. The smallest absolute Gasteiger partial charge is 0.339 e. The van der Waals surface area contributed by atoms with Crippen molar-refractivity contribution in [3.8, 4) is 11.1 Å². The van der Waals surface area contributed by atoms with Crippen LogP contribution in [-0.2, 0) is 6.54 Å². The van der Waals surface area contributed by atoms with Crippen LogP contribution in [0, 0.1) is 6.92 Å². The first-order valence-corrected chi connectivity index (χ1v) is 12.1. The molecule has 0 N–H and O–H groups in total. The molecule has 2 aliphatic heterocycles. The minimum atomic E-state index is -0.163. The molecular weight excluding hydrogens is 426 g/mol. The van der Waals surface area contributed by atoms with E-state index in [-0.39, 0.29) is 11.9 Å². The lowest BCUT2D eigenvalue weighted by Crippen LogP contribution is -2.49. The van der Waals surface area contributed by atoms with Gasteiger partial charge in [0.05, 0.1) is 11.8 Å². The molecule has 2 aliphatic rings. The van der Waals surface area contributed by atoms with Gasteiger partial charge in [-0.3, -0.25) is 9.69 Å². The molecule has 0 radical (unpaired) electrons. The molecule has 0 bridgehead atoms. The van der Waals surface area contributed by atoms with Crippen molar-refractivity contribution in [1.29, 1.82) is 0 Å². The zero-order valence-corrected chi connectivity index (χ0v) is 19.7. The molecule has 0 spiro atoms. The second-order valence-electron chi connectivity index (χ2n) is 9.23. The topological polar surface area (TPSA) is 61.7 Å². The van der Waals surface area contributed by atoms with Gasteiger partial charge in [-0.05, 0) is 42.0 Å². The zero-order valence-electron chi connectivity index (χ0n) is 19.7. The fourth-order valence-electron chi connectivity index (χ4n) is 4.81. The van der Waals surface area contributed by atoms with E-state index >= 15 is 0 Å². The molecule has 2 amide bonds. The molecule has 2 fully saturated rings. The molecule has 2 aromatic carbocycles. The third-order valence-corrected chi connectivity index (χ3v) is 6.91. The van der Waals surface area contributed by atoms with Crippen LogP contribution in [0.15, 0.2) is 60.9 Å². The van der Waals surface area contributed by atoms with Crippen LogP contribution in [0.1, 0.15) is 34.3 Å². The number of likely N-dealkylation sites (tertiary alicyclic amines) is 1. The Bertz CT molecular complexity index is 1160. The molecule has 1 aromatic heterocycles. The van der Waals surface area contributed by atoms with Gasteiger partial charge < -0.3 is 9.80 Å². The molecule has 3 aromatic rings. The lowest BCUT2D eigenvalue weighted by Gasteiger charge is -2.34. The number of benzene rings is 2. The molecule has 2 saturated heterocycles. The van der Waals surface area contributed by atoms with Crippen LogP contribution < -0.4 is 0 Å². The average Bonchev–Trinajstić information content (AvgIpc) is 3.58. The van der Waals surface area contributed by atoms with Gasteiger partial charge in [-0.1, -0.05) is 48.5 Å². The van der Waals surface area contributed by atoms with Crippen LogP contribution in [0.3, 0.4) is 0 Å². The number of carbonyl (C=O) groups is 2. The van der Waals surface area contributed by atoms with Crippen molar-refractivity contribution in [1.82, 2.24) is 24.5 Å². The van der Waals surface area contributed by atoms with E-state index in [0.717, 1.165) is 45.6 Å². The first-order valence-electron chi connectivity index (χ1n) is 12.1. The Morgan fingerprint density at radius 2 is 1.59 bits per heavy atom. The number of aryl methyl sites for hydroxylation is 1. The minimum absolute atomic E-state index is 0.0324. The third-order valence-electron chi connectivity index (χ3n) is 6.91. The maximum Gasteiger partial charge on any atom is 0.344 e. The summed E-state index contributed by atoms with van der Waals surface area (Å²) in [5, 5.41) is 4.18. The molecule has 176 valence electrons. The summed E-state index contributed by atoms with van der Waals surface area (Å²) in [6.07, 6.45) is 5.17. The first kappa shape index (κ1) is 22.3. The maximum absolute atomic E-state index is 12.9. The van der Waals surface area contributed by atoms with Crippen molar-refractivity contribution in [2.45, 2.75) is 26.3 Å². The Morgan fingerprint density at radius 1 is 0.853 bits per heavy atom. The number of hydrogen-bond donors (Lipinski definition) is 0. The largest absolute Gasteiger partial charge is 0.344 e. The van der Waals surface area contributed by atoms with Crippen molar-refractivity contribution < 1.29 is 9.59 Å². The van der Waals surface area contributed by atoms with E-state index in [0.29, 0.717) is 18.7 Å². The summed E-state index contributed by atoms with van der Waals surface area (Å²) < 4.78 is 1.31. The Labute approximate surface area is 200 Å². The quantitative estimate of drug-likeness (QED) is 0.597. The highest BCUT2D eigenvalue weighted by Crippen LogP contribution is 2.23. The van der Waals surface area contributed by atoms with Crippen LogP contribution in [0.5, 0.6) is 0 Å². The monoisotopic (exact) mass is 457 g/mol. The molecular formula is C27H31N5O2. The Hall–Kier alpha value is -3.45. The predicted octanol–water partition coefficient (Wildman–Crippen LogP) is 3.88. The SMILES string of the molecule is Cc1cc(-c2ccccc2)ccc1CN1CCN(C(=O)n2cc(C(=O)N3CCCC3)cn2)CC1. The first-order chi connectivity index (χ1) is 16.6. The number of rotatable bonds is 4. The number of aromatic nitrogens is 2. The van der Waals surface area contributed by atoms with Crippen LogP contribution >= 0.6 is 0 Å². The van der Waals surface area contributed by atoms with Crippen molar-refractivity contribution in [2.75, 3.05) is 39.3 Å². The Kier molecular flexibility index (Phi) is 6.45. The van der Waals surface area contributed by atoms with Crippen molar-refractivity contribution >= 4 is 11.9 Å². The summed E-state index contributed by atoms with van der Waals surface area (Å²) in [4.78, 5) is 31.5. The van der Waals surface area contributed by atoms with Crippen LogP contribution in [0.2, 0.25) is 0 Å². The summed E-state index contributed by atoms with van der Waals surface area (Å²) in [7, 11) is 0. The highest BCUT2D eigenvalue weighted by atomic mass is 16.2. The molecule has 0 saturated carbocycles. The van der Waals surface area contributed by atoms with Crippen molar-refractivity contribution in [3.05, 3.63) is 77.6 Å². The van der Waals surface area contributed by atoms with Gasteiger partial charge in [0.2, 0.25) is 0 Å². The molecule has 7 heteroatoms. The summed E-state index contributed by atoms with van der Waals surface area (Å²) in [5.41, 5.74) is 5.55. The van der Waals surface area contributed by atoms with Gasteiger partial charge in [-0.2, -0.15) is 9.78 Å². The summed E-state index contributed by atoms with van der Waals surface area (Å²) in [6.45, 7) is 7.53. The van der Waals surface area contributed by atoms with Gasteiger partial charge in [0, 0.05) is 52.0 Å². The second-order valence-corrected chi connectivity index (χ2v) is 9.23. The van der Waals surface area contributed by atoms with Crippen LogP contribution in [-0.4, -0.2) is 75.7 Å². The molecule has 0 atom stereocenters. The molecule has 3 heterocycles. The maximum atomic E-state index is 12.9. The number of piperazine rings is 1. The lowest BCUT2D eigenvalue weighted by molar-refractivity contribution is 0.0793. The standard InChI is InChI=1S/C27H31N5O2/c1-21-17-23(22-7-3-2-4-8-22)9-10-24(21)19-29-13-15-31(16-14-29)27(34)32-20-25(18-28-32)26(33)30-11-5-6-12-30/h2-4,7-10,17-18,20H,5-6,11-16,19H2,1H3. The third kappa shape index (κ3) is 4.75. The molecule has 0 aliphatic carbocycles. The van der Waals surface area contributed by atoms with E-state index in [9.17, 15) is 9.59 Å².